The van der Waals surface area contributed by atoms with E-state index in [0.29, 0.717) is 28.8 Å². The Morgan fingerprint density at radius 3 is 2.82 bits per heavy atom. The third-order valence-corrected chi connectivity index (χ3v) is 5.80. The van der Waals surface area contributed by atoms with Crippen molar-refractivity contribution in [3.8, 4) is 0 Å². The molecule has 0 unspecified atom stereocenters. The summed E-state index contributed by atoms with van der Waals surface area (Å²) < 4.78 is 0.805. The summed E-state index contributed by atoms with van der Waals surface area (Å²) in [5.74, 6) is 0.344. The van der Waals surface area contributed by atoms with Gasteiger partial charge in [-0.05, 0) is 24.3 Å². The van der Waals surface area contributed by atoms with Crippen molar-refractivity contribution in [3.63, 3.8) is 0 Å². The number of nitrogens with zero attached hydrogens (tertiary/aromatic N) is 3. The van der Waals surface area contributed by atoms with Crippen molar-refractivity contribution in [2.24, 2.45) is 0 Å². The van der Waals surface area contributed by atoms with Gasteiger partial charge in [0.2, 0.25) is 5.91 Å². The summed E-state index contributed by atoms with van der Waals surface area (Å²) in [4.78, 5) is 32.6. The molecule has 4 rings (SSSR count). The van der Waals surface area contributed by atoms with Gasteiger partial charge in [-0.3, -0.25) is 9.59 Å². The van der Waals surface area contributed by atoms with E-state index < -0.39 is 0 Å². The van der Waals surface area contributed by atoms with Gasteiger partial charge >= 0.3 is 0 Å². The van der Waals surface area contributed by atoms with Crippen LogP contribution in [0.1, 0.15) is 12.2 Å². The largest absolute Gasteiger partial charge is 0.325 e. The van der Waals surface area contributed by atoms with Gasteiger partial charge in [-0.1, -0.05) is 47.4 Å². The predicted octanol–water partition coefficient (Wildman–Crippen LogP) is 3.50. The number of aromatic amines is 1. The first-order valence-corrected chi connectivity index (χ1v) is 10.2. The van der Waals surface area contributed by atoms with Crippen LogP contribution in [-0.2, 0) is 11.2 Å². The van der Waals surface area contributed by atoms with E-state index in [2.05, 4.69) is 25.5 Å². The summed E-state index contributed by atoms with van der Waals surface area (Å²) >= 11 is 2.89. The fourth-order valence-electron chi connectivity index (χ4n) is 2.66. The number of H-pyrrole nitrogens is 1. The summed E-state index contributed by atoms with van der Waals surface area (Å²) in [6.07, 6.45) is 0.552. The highest BCUT2D eigenvalue weighted by molar-refractivity contribution is 8.01. The highest BCUT2D eigenvalue weighted by Crippen LogP contribution is 2.33. The first-order chi connectivity index (χ1) is 13.7. The lowest BCUT2D eigenvalue weighted by Crippen LogP contribution is -2.16. The zero-order valence-corrected chi connectivity index (χ0v) is 16.2. The molecule has 2 heterocycles. The zero-order chi connectivity index (χ0) is 19.3. The topological polar surface area (TPSA) is 101 Å². The summed E-state index contributed by atoms with van der Waals surface area (Å²) in [6.45, 7) is 0. The highest BCUT2D eigenvalue weighted by atomic mass is 32.2. The summed E-state index contributed by atoms with van der Waals surface area (Å²) in [5.41, 5.74) is 2.81. The molecule has 0 atom stereocenters. The molecule has 0 saturated heterocycles. The Bertz CT molecular complexity index is 1170. The number of benzene rings is 2. The first-order valence-electron chi connectivity index (χ1n) is 8.50. The maximum atomic E-state index is 12.4. The Balaban J connectivity index is 1.43. The number of fused-ring (bicyclic) bond motifs is 1. The fraction of sp³-hybridized carbons (Fsp3) is 0.105. The number of amides is 1. The SMILES string of the molecule is O=C(CCc1nc2ccccc2c(=O)[nH]1)Nc1ccccc1Sc1nncs1. The quantitative estimate of drug-likeness (QED) is 0.505. The Labute approximate surface area is 168 Å². The van der Waals surface area contributed by atoms with Crippen LogP contribution in [0.25, 0.3) is 10.9 Å². The Morgan fingerprint density at radius 2 is 1.96 bits per heavy atom. The van der Waals surface area contributed by atoms with Crippen LogP contribution < -0.4 is 10.9 Å². The van der Waals surface area contributed by atoms with Crippen molar-refractivity contribution < 1.29 is 4.79 Å². The van der Waals surface area contributed by atoms with Crippen LogP contribution in [0, 0.1) is 0 Å². The van der Waals surface area contributed by atoms with E-state index in [1.165, 1.54) is 23.1 Å². The summed E-state index contributed by atoms with van der Waals surface area (Å²) in [6, 6.07) is 14.7. The monoisotopic (exact) mass is 409 g/mol. The lowest BCUT2D eigenvalue weighted by molar-refractivity contribution is -0.116. The van der Waals surface area contributed by atoms with Gasteiger partial charge in [0.05, 0.1) is 16.6 Å². The maximum Gasteiger partial charge on any atom is 0.258 e. The van der Waals surface area contributed by atoms with Crippen molar-refractivity contribution in [3.05, 3.63) is 70.2 Å². The smallest absolute Gasteiger partial charge is 0.258 e. The molecular weight excluding hydrogens is 394 g/mol. The van der Waals surface area contributed by atoms with Gasteiger partial charge in [0.15, 0.2) is 4.34 Å². The molecular formula is C19H15N5O2S2. The molecule has 0 bridgehead atoms. The first kappa shape index (κ1) is 18.3. The van der Waals surface area contributed by atoms with E-state index >= 15 is 0 Å². The third-order valence-electron chi connectivity index (χ3n) is 3.95. The standard InChI is InChI=1S/C19H15N5O2S2/c25-17(10-9-16-21-13-6-2-1-5-12(13)18(26)23-16)22-14-7-3-4-8-15(14)28-19-24-20-11-27-19/h1-8,11H,9-10H2,(H,22,25)(H,21,23,26). The average Bonchev–Trinajstić information content (AvgIpc) is 3.21. The lowest BCUT2D eigenvalue weighted by Gasteiger charge is -2.09. The second-order valence-electron chi connectivity index (χ2n) is 5.88. The summed E-state index contributed by atoms with van der Waals surface area (Å²) in [5, 5.41) is 11.3. The van der Waals surface area contributed by atoms with Crippen LogP contribution >= 0.6 is 23.1 Å². The number of para-hydroxylation sites is 2. The summed E-state index contributed by atoms with van der Waals surface area (Å²) in [7, 11) is 0. The molecule has 140 valence electrons. The molecule has 0 aliphatic heterocycles. The fourth-order valence-corrected chi connectivity index (χ4v) is 4.18. The van der Waals surface area contributed by atoms with Gasteiger partial charge in [0.1, 0.15) is 11.3 Å². The Kier molecular flexibility index (Phi) is 5.45. The van der Waals surface area contributed by atoms with E-state index in [4.69, 9.17) is 0 Å². The molecule has 0 aliphatic rings. The number of rotatable bonds is 6. The Morgan fingerprint density at radius 1 is 1.14 bits per heavy atom. The normalized spacial score (nSPS) is 10.9. The third kappa shape index (κ3) is 4.26. The molecule has 9 heteroatoms. The van der Waals surface area contributed by atoms with Crippen LogP contribution in [0.3, 0.4) is 0 Å². The molecule has 0 aliphatic carbocycles. The van der Waals surface area contributed by atoms with Gasteiger partial charge in [-0.25, -0.2) is 4.98 Å². The molecule has 0 spiro atoms. The number of aromatic nitrogens is 4. The van der Waals surface area contributed by atoms with Crippen LogP contribution in [0.2, 0.25) is 0 Å². The van der Waals surface area contributed by atoms with Crippen molar-refractivity contribution in [2.75, 3.05) is 5.32 Å². The van der Waals surface area contributed by atoms with Crippen molar-refractivity contribution >= 4 is 45.6 Å². The lowest BCUT2D eigenvalue weighted by atomic mass is 10.2. The average molecular weight is 409 g/mol. The minimum Gasteiger partial charge on any atom is -0.325 e. The second kappa shape index (κ2) is 8.32. The van der Waals surface area contributed by atoms with E-state index in [-0.39, 0.29) is 17.9 Å². The van der Waals surface area contributed by atoms with Crippen molar-refractivity contribution in [2.45, 2.75) is 22.1 Å². The van der Waals surface area contributed by atoms with Crippen molar-refractivity contribution in [1.29, 1.82) is 0 Å². The van der Waals surface area contributed by atoms with Crippen molar-refractivity contribution in [1.82, 2.24) is 20.2 Å². The van der Waals surface area contributed by atoms with Gasteiger partial charge in [0, 0.05) is 17.7 Å². The number of anilines is 1. The van der Waals surface area contributed by atoms with Crippen LogP contribution in [0.4, 0.5) is 5.69 Å². The molecule has 0 radical (unpaired) electrons. The molecule has 2 aromatic heterocycles. The zero-order valence-electron chi connectivity index (χ0n) is 14.6. The molecule has 0 saturated carbocycles. The van der Waals surface area contributed by atoms with Crippen LogP contribution in [0.5, 0.6) is 0 Å². The number of carbonyl (C=O) groups is 1. The van der Waals surface area contributed by atoms with Crippen LogP contribution in [0.15, 0.2) is 68.1 Å². The van der Waals surface area contributed by atoms with Crippen LogP contribution in [-0.4, -0.2) is 26.1 Å². The number of nitrogens with one attached hydrogen (secondary N) is 2. The maximum absolute atomic E-state index is 12.4. The van der Waals surface area contributed by atoms with E-state index in [9.17, 15) is 9.59 Å². The van der Waals surface area contributed by atoms with Gasteiger partial charge in [-0.15, -0.1) is 10.2 Å². The second-order valence-corrected chi connectivity index (χ2v) is 8.00. The molecule has 4 aromatic rings. The van der Waals surface area contributed by atoms with Gasteiger partial charge in [-0.2, -0.15) is 0 Å². The highest BCUT2D eigenvalue weighted by Gasteiger charge is 2.11. The number of aryl methyl sites for hydroxylation is 1. The Hall–Kier alpha value is -3.04. The number of carbonyl (C=O) groups excluding carboxylic acids is 1. The van der Waals surface area contributed by atoms with Gasteiger partial charge in [0.25, 0.3) is 5.56 Å². The molecule has 2 aromatic carbocycles. The minimum atomic E-state index is -0.195. The van der Waals surface area contributed by atoms with E-state index in [0.717, 1.165) is 9.24 Å². The van der Waals surface area contributed by atoms with E-state index in [1.807, 2.05) is 30.3 Å². The predicted molar refractivity (Wildman–Crippen MR) is 110 cm³/mol. The molecule has 28 heavy (non-hydrogen) atoms. The molecule has 0 fully saturated rings. The minimum absolute atomic E-state index is 0.152. The molecule has 1 amide bonds. The number of hydrogen-bond acceptors (Lipinski definition) is 7. The van der Waals surface area contributed by atoms with Gasteiger partial charge < -0.3 is 10.3 Å². The number of hydrogen-bond donors (Lipinski definition) is 2. The van der Waals surface area contributed by atoms with E-state index in [1.54, 1.807) is 23.7 Å². The molecule has 2 N–H and O–H groups in total. The molecule has 7 nitrogen and oxygen atoms in total.